The molecule has 1 aliphatic rings. The Morgan fingerprint density at radius 2 is 2.07 bits per heavy atom. The molecular formula is C16H24F3N5O3S. The summed E-state index contributed by atoms with van der Waals surface area (Å²) in [4.78, 5) is 30.6. The van der Waals surface area contributed by atoms with Gasteiger partial charge in [-0.25, -0.2) is 18.7 Å². The van der Waals surface area contributed by atoms with Crippen molar-refractivity contribution in [3.8, 4) is 0 Å². The number of rotatable bonds is 11. The minimum Gasteiger partial charge on any atom is -0.345 e. The third-order valence-corrected chi connectivity index (χ3v) is 5.47. The van der Waals surface area contributed by atoms with Gasteiger partial charge in [0.1, 0.15) is 12.4 Å². The number of nitrogens with one attached hydrogen (secondary N) is 3. The van der Waals surface area contributed by atoms with Gasteiger partial charge in [0, 0.05) is 24.9 Å². The molecule has 3 N–H and O–H groups in total. The molecule has 2 atom stereocenters. The minimum atomic E-state index is -4.23. The maximum absolute atomic E-state index is 12.2. The molecule has 1 saturated heterocycles. The largest absolute Gasteiger partial charge is 0.389 e. The number of unbranched alkanes of at least 4 members (excludes halogenated alkanes) is 2. The molecular weight excluding hydrogens is 399 g/mol. The van der Waals surface area contributed by atoms with Crippen molar-refractivity contribution in [2.75, 3.05) is 18.8 Å². The molecule has 1 aromatic heterocycles. The Hall–Kier alpha value is -1.95. The number of carbonyl (C=O) groups is 2. The van der Waals surface area contributed by atoms with Crippen molar-refractivity contribution < 1.29 is 27.0 Å². The zero-order valence-electron chi connectivity index (χ0n) is 15.5. The van der Waals surface area contributed by atoms with Crippen LogP contribution in [0.5, 0.6) is 0 Å². The summed E-state index contributed by atoms with van der Waals surface area (Å²) >= 11 is 0. The van der Waals surface area contributed by atoms with Gasteiger partial charge in [-0.2, -0.15) is 13.2 Å². The molecule has 0 aliphatic carbocycles. The number of amides is 3. The van der Waals surface area contributed by atoms with Crippen LogP contribution in [0.3, 0.4) is 0 Å². The Bertz CT molecular complexity index is 710. The van der Waals surface area contributed by atoms with E-state index in [-0.39, 0.29) is 36.8 Å². The lowest BCUT2D eigenvalue weighted by molar-refractivity contribution is -0.134. The molecule has 1 aromatic rings. The first-order chi connectivity index (χ1) is 13.1. The Kier molecular flexibility index (Phi) is 7.98. The number of nitrogens with zero attached hydrogens (tertiary/aromatic N) is 2. The van der Waals surface area contributed by atoms with E-state index in [1.165, 1.54) is 11.1 Å². The van der Waals surface area contributed by atoms with Gasteiger partial charge >= 0.3 is 12.2 Å². The second-order valence-electron chi connectivity index (χ2n) is 6.63. The number of alkyl halides is 3. The summed E-state index contributed by atoms with van der Waals surface area (Å²) in [5, 5.41) is 2.21. The van der Waals surface area contributed by atoms with E-state index < -0.39 is 23.6 Å². The highest BCUT2D eigenvalue weighted by Gasteiger charge is 2.27. The number of imidazole rings is 1. The van der Waals surface area contributed by atoms with E-state index in [1.54, 1.807) is 6.92 Å². The third kappa shape index (κ3) is 7.58. The van der Waals surface area contributed by atoms with Crippen molar-refractivity contribution in [3.05, 3.63) is 17.7 Å². The van der Waals surface area contributed by atoms with Gasteiger partial charge in [-0.1, -0.05) is 6.42 Å². The molecule has 0 spiro atoms. The Labute approximate surface area is 163 Å². The number of aryl methyl sites for hydroxylation is 1. The first-order valence-corrected chi connectivity index (χ1v) is 10.3. The minimum absolute atomic E-state index is 0.0823. The maximum atomic E-state index is 12.2. The highest BCUT2D eigenvalue weighted by molar-refractivity contribution is 7.83. The number of urea groups is 1. The van der Waals surface area contributed by atoms with Crippen LogP contribution in [0.25, 0.3) is 0 Å². The number of hydrogen-bond acceptors (Lipinski definition) is 4. The molecule has 1 aliphatic heterocycles. The van der Waals surface area contributed by atoms with Crippen LogP contribution < -0.4 is 10.0 Å². The molecule has 2 heterocycles. The van der Waals surface area contributed by atoms with Gasteiger partial charge in [-0.3, -0.25) is 10.1 Å². The summed E-state index contributed by atoms with van der Waals surface area (Å²) < 4.78 is 51.7. The van der Waals surface area contributed by atoms with Crippen LogP contribution in [0, 0.1) is 0 Å². The molecule has 0 bridgehead atoms. The SMILES string of the molecule is CC(NS(=O)CCCCCN1CC(=O)NC1=O)c1cnc(CCC(F)(F)F)[nH]1. The van der Waals surface area contributed by atoms with E-state index in [0.29, 0.717) is 30.8 Å². The number of H-pyrrole nitrogens is 1. The summed E-state index contributed by atoms with van der Waals surface area (Å²) in [6.45, 7) is 2.31. The second-order valence-corrected chi connectivity index (χ2v) is 7.96. The van der Waals surface area contributed by atoms with E-state index in [2.05, 4.69) is 20.0 Å². The van der Waals surface area contributed by atoms with Crippen LogP contribution in [0.15, 0.2) is 6.20 Å². The molecule has 2 unspecified atom stereocenters. The first-order valence-electron chi connectivity index (χ1n) is 8.98. The summed E-state index contributed by atoms with van der Waals surface area (Å²) in [6, 6.07) is -0.717. The number of halogens is 3. The molecule has 158 valence electrons. The van der Waals surface area contributed by atoms with Crippen molar-refractivity contribution in [2.45, 2.75) is 51.2 Å². The molecule has 3 amide bonds. The molecule has 0 radical (unpaired) electrons. The van der Waals surface area contributed by atoms with Crippen molar-refractivity contribution in [3.63, 3.8) is 0 Å². The topological polar surface area (TPSA) is 107 Å². The monoisotopic (exact) mass is 423 g/mol. The summed E-state index contributed by atoms with van der Waals surface area (Å²) in [7, 11) is -1.30. The number of imide groups is 1. The van der Waals surface area contributed by atoms with Crippen LogP contribution in [-0.4, -0.2) is 56.0 Å². The zero-order valence-corrected chi connectivity index (χ0v) is 16.3. The van der Waals surface area contributed by atoms with Gasteiger partial charge in [0.25, 0.3) is 0 Å². The summed E-state index contributed by atoms with van der Waals surface area (Å²) in [5.74, 6) is 0.353. The van der Waals surface area contributed by atoms with Gasteiger partial charge in [0.15, 0.2) is 0 Å². The summed E-state index contributed by atoms with van der Waals surface area (Å²) in [6.07, 6.45) is -1.81. The first kappa shape index (κ1) is 22.3. The van der Waals surface area contributed by atoms with Crippen molar-refractivity contribution in [1.82, 2.24) is 24.9 Å². The van der Waals surface area contributed by atoms with Crippen molar-refractivity contribution in [2.24, 2.45) is 0 Å². The molecule has 0 aromatic carbocycles. The zero-order chi connectivity index (χ0) is 20.7. The molecule has 8 nitrogen and oxygen atoms in total. The van der Waals surface area contributed by atoms with Crippen LogP contribution >= 0.6 is 0 Å². The molecule has 12 heteroatoms. The van der Waals surface area contributed by atoms with Crippen LogP contribution in [0.1, 0.15) is 50.2 Å². The van der Waals surface area contributed by atoms with Gasteiger partial charge in [0.05, 0.1) is 29.1 Å². The predicted molar refractivity (Wildman–Crippen MR) is 96.5 cm³/mol. The fourth-order valence-electron chi connectivity index (χ4n) is 2.68. The predicted octanol–water partition coefficient (Wildman–Crippen LogP) is 1.94. The molecule has 28 heavy (non-hydrogen) atoms. The Morgan fingerprint density at radius 1 is 1.32 bits per heavy atom. The number of hydrogen-bond donors (Lipinski definition) is 3. The van der Waals surface area contributed by atoms with E-state index in [0.717, 1.165) is 6.42 Å². The van der Waals surface area contributed by atoms with Crippen molar-refractivity contribution >= 4 is 22.9 Å². The van der Waals surface area contributed by atoms with Crippen LogP contribution in [-0.2, 0) is 22.2 Å². The third-order valence-electron chi connectivity index (χ3n) is 4.19. The number of aromatic nitrogens is 2. The lowest BCUT2D eigenvalue weighted by Crippen LogP contribution is -2.29. The lowest BCUT2D eigenvalue weighted by atomic mass is 10.2. The average molecular weight is 423 g/mol. The Balaban J connectivity index is 1.62. The summed E-state index contributed by atoms with van der Waals surface area (Å²) in [5.41, 5.74) is 0.579. The smallest absolute Gasteiger partial charge is 0.345 e. The highest BCUT2D eigenvalue weighted by Crippen LogP contribution is 2.21. The Morgan fingerprint density at radius 3 is 2.71 bits per heavy atom. The fraction of sp³-hybridized carbons (Fsp3) is 0.688. The van der Waals surface area contributed by atoms with Gasteiger partial charge in [0.2, 0.25) is 5.91 Å². The number of aromatic amines is 1. The highest BCUT2D eigenvalue weighted by atomic mass is 32.2. The molecule has 1 fully saturated rings. The molecule has 2 rings (SSSR count). The van der Waals surface area contributed by atoms with E-state index in [4.69, 9.17) is 0 Å². The van der Waals surface area contributed by atoms with Gasteiger partial charge < -0.3 is 9.88 Å². The van der Waals surface area contributed by atoms with Gasteiger partial charge in [-0.05, 0) is 19.8 Å². The van der Waals surface area contributed by atoms with E-state index >= 15 is 0 Å². The van der Waals surface area contributed by atoms with E-state index in [1.807, 2.05) is 0 Å². The fourth-order valence-corrected chi connectivity index (χ4v) is 3.79. The van der Waals surface area contributed by atoms with Crippen LogP contribution in [0.4, 0.5) is 18.0 Å². The van der Waals surface area contributed by atoms with Gasteiger partial charge in [-0.15, -0.1) is 0 Å². The second kappa shape index (κ2) is 10.0. The maximum Gasteiger partial charge on any atom is 0.389 e. The number of carbonyl (C=O) groups excluding carboxylic acids is 2. The molecule has 0 saturated carbocycles. The van der Waals surface area contributed by atoms with Crippen LogP contribution in [0.2, 0.25) is 0 Å². The standard InChI is InChI=1S/C16H24F3N5O3S/c1-11(12-9-20-13(21-12)5-6-16(17,18)19)23-28(27)8-4-2-3-7-24-10-14(25)22-15(24)26/h9,11,23H,2-8,10H2,1H3,(H,20,21)(H,22,25,26). The normalized spacial score (nSPS) is 17.1. The van der Waals surface area contributed by atoms with Crippen molar-refractivity contribution in [1.29, 1.82) is 0 Å². The van der Waals surface area contributed by atoms with E-state index in [9.17, 15) is 27.0 Å². The quantitative estimate of drug-likeness (QED) is 0.373. The average Bonchev–Trinajstić information content (AvgIpc) is 3.18. The lowest BCUT2D eigenvalue weighted by Gasteiger charge is -2.13.